The molecule has 0 radical (unpaired) electrons. The minimum Gasteiger partial charge on any atom is -0.492 e. The van der Waals surface area contributed by atoms with E-state index < -0.39 is 12.1 Å². The van der Waals surface area contributed by atoms with E-state index in [-0.39, 0.29) is 31.7 Å². The fourth-order valence-electron chi connectivity index (χ4n) is 5.07. The number of carbonyl (C=O) groups excluding carboxylic acids is 1. The number of ether oxygens (including phenoxy) is 5. The summed E-state index contributed by atoms with van der Waals surface area (Å²) < 4.78 is 27.7. The molecule has 9 nitrogen and oxygen atoms in total. The zero-order chi connectivity index (χ0) is 26.6. The average molecular weight is 521 g/mol. The average Bonchev–Trinajstić information content (AvgIpc) is 3.49. The number of carboxylic acid groups (broad SMARTS) is 1. The van der Waals surface area contributed by atoms with Crippen LogP contribution in [0.5, 0.6) is 23.0 Å². The third kappa shape index (κ3) is 8.36. The van der Waals surface area contributed by atoms with Gasteiger partial charge in [-0.1, -0.05) is 31.4 Å². The topological polar surface area (TPSA) is 121 Å². The quantitative estimate of drug-likeness (QED) is 0.228. The summed E-state index contributed by atoms with van der Waals surface area (Å²) in [5.41, 5.74) is 0.937. The number of aliphatic hydroxyl groups excluding tert-OH is 1. The maximum absolute atomic E-state index is 12.3. The van der Waals surface area contributed by atoms with Crippen LogP contribution in [0.2, 0.25) is 0 Å². The summed E-state index contributed by atoms with van der Waals surface area (Å²) in [5.74, 6) is 2.01. The van der Waals surface area contributed by atoms with E-state index >= 15 is 0 Å². The predicted octanol–water partition coefficient (Wildman–Crippen LogP) is 4.32. The first-order valence-corrected chi connectivity index (χ1v) is 13.2. The van der Waals surface area contributed by atoms with Gasteiger partial charge in [0.2, 0.25) is 18.3 Å². The molecule has 1 aliphatic carbocycles. The number of hydrogen-bond donors (Lipinski definition) is 2. The Morgan fingerprint density at radius 2 is 1.92 bits per heavy atom. The summed E-state index contributed by atoms with van der Waals surface area (Å²) in [7, 11) is 3.16. The van der Waals surface area contributed by atoms with Crippen molar-refractivity contribution in [2.45, 2.75) is 70.3 Å². The van der Waals surface area contributed by atoms with Gasteiger partial charge in [0.15, 0.2) is 11.5 Å². The Kier molecular flexibility index (Phi) is 11.5. The standard InChI is InChI=1S/C28H40O9/c1-33-26-20(16-24-27(28(26)34-2)37-18-36-24)8-7-15-35-17-21(29)13-11-19-12-14-23(30)22(19)9-5-3-4-6-10-25(31)32/h11,13,16,19,21-22,29H,3-10,12,14-15,17-18H2,1-2H3,(H,31,32)/b13-11+/t19-,21+,22+/m0/s1. The third-order valence-electron chi connectivity index (χ3n) is 6.97. The van der Waals surface area contributed by atoms with E-state index in [9.17, 15) is 14.7 Å². The molecule has 1 heterocycles. The first-order valence-electron chi connectivity index (χ1n) is 13.2. The molecule has 0 bridgehead atoms. The molecule has 0 unspecified atom stereocenters. The lowest BCUT2D eigenvalue weighted by molar-refractivity contribution is -0.137. The SMILES string of the molecule is COc1c(CCCOC[C@H](O)/C=C/[C@H]2CCC(=O)[C@@H]2CCCCCCC(=O)O)cc2c(c1OC)OCO2. The van der Waals surface area contributed by atoms with Crippen molar-refractivity contribution < 1.29 is 43.5 Å². The Labute approximate surface area is 218 Å². The van der Waals surface area contributed by atoms with E-state index in [0.717, 1.165) is 44.1 Å². The molecule has 1 saturated carbocycles. The van der Waals surface area contributed by atoms with Gasteiger partial charge in [0.05, 0.1) is 26.9 Å². The van der Waals surface area contributed by atoms with Gasteiger partial charge in [0, 0.05) is 30.9 Å². The normalized spacial score (nSPS) is 19.5. The second kappa shape index (κ2) is 14.8. The molecule has 1 fully saturated rings. The van der Waals surface area contributed by atoms with Crippen molar-refractivity contribution in [3.8, 4) is 23.0 Å². The highest BCUT2D eigenvalue weighted by Crippen LogP contribution is 2.49. The highest BCUT2D eigenvalue weighted by atomic mass is 16.7. The van der Waals surface area contributed by atoms with Crippen LogP contribution in [-0.2, 0) is 20.7 Å². The van der Waals surface area contributed by atoms with E-state index in [1.807, 2.05) is 12.1 Å². The lowest BCUT2D eigenvalue weighted by Crippen LogP contribution is -2.16. The van der Waals surface area contributed by atoms with Gasteiger partial charge >= 0.3 is 5.97 Å². The summed E-state index contributed by atoms with van der Waals surface area (Å²) in [4.78, 5) is 22.9. The van der Waals surface area contributed by atoms with Gasteiger partial charge in [-0.05, 0) is 44.1 Å². The summed E-state index contributed by atoms with van der Waals surface area (Å²) in [5, 5.41) is 19.1. The van der Waals surface area contributed by atoms with Crippen LogP contribution in [0.4, 0.5) is 0 Å². The molecule has 2 N–H and O–H groups in total. The second-order valence-corrected chi connectivity index (χ2v) is 9.59. The molecule has 37 heavy (non-hydrogen) atoms. The number of aliphatic carboxylic acids is 1. The Balaban J connectivity index is 1.37. The van der Waals surface area contributed by atoms with Gasteiger partial charge in [-0.15, -0.1) is 0 Å². The number of hydrogen-bond acceptors (Lipinski definition) is 8. The summed E-state index contributed by atoms with van der Waals surface area (Å²) >= 11 is 0. The molecule has 9 heteroatoms. The van der Waals surface area contributed by atoms with Crippen molar-refractivity contribution in [3.05, 3.63) is 23.8 Å². The van der Waals surface area contributed by atoms with Crippen molar-refractivity contribution in [1.82, 2.24) is 0 Å². The number of fused-ring (bicyclic) bond motifs is 1. The van der Waals surface area contributed by atoms with Crippen LogP contribution in [0.3, 0.4) is 0 Å². The third-order valence-corrected chi connectivity index (χ3v) is 6.97. The number of aryl methyl sites for hydroxylation is 1. The van der Waals surface area contributed by atoms with Gasteiger partial charge in [0.1, 0.15) is 5.78 Å². The predicted molar refractivity (Wildman–Crippen MR) is 137 cm³/mol. The van der Waals surface area contributed by atoms with Crippen molar-refractivity contribution >= 4 is 11.8 Å². The summed E-state index contributed by atoms with van der Waals surface area (Å²) in [6.45, 7) is 0.807. The van der Waals surface area contributed by atoms with E-state index in [0.29, 0.717) is 54.7 Å². The molecule has 0 spiro atoms. The maximum atomic E-state index is 12.3. The second-order valence-electron chi connectivity index (χ2n) is 9.59. The highest BCUT2D eigenvalue weighted by molar-refractivity contribution is 5.83. The van der Waals surface area contributed by atoms with E-state index in [1.165, 1.54) is 0 Å². The molecule has 1 aromatic carbocycles. The Bertz CT molecular complexity index is 927. The molecule has 0 saturated heterocycles. The number of ketones is 1. The summed E-state index contributed by atoms with van der Waals surface area (Å²) in [6.07, 6.45) is 10.2. The number of methoxy groups -OCH3 is 2. The van der Waals surface area contributed by atoms with Crippen molar-refractivity contribution in [3.63, 3.8) is 0 Å². The molecular formula is C28H40O9. The first kappa shape index (κ1) is 28.8. The number of allylic oxidation sites excluding steroid dienone is 1. The van der Waals surface area contributed by atoms with Gasteiger partial charge in [-0.25, -0.2) is 0 Å². The van der Waals surface area contributed by atoms with E-state index in [2.05, 4.69) is 0 Å². The highest BCUT2D eigenvalue weighted by Gasteiger charge is 2.32. The summed E-state index contributed by atoms with van der Waals surface area (Å²) in [6, 6.07) is 1.90. The number of carboxylic acids is 1. The van der Waals surface area contributed by atoms with Gasteiger partial charge in [0.25, 0.3) is 0 Å². The molecule has 206 valence electrons. The van der Waals surface area contributed by atoms with Crippen molar-refractivity contribution in [2.24, 2.45) is 11.8 Å². The molecule has 1 aromatic rings. The van der Waals surface area contributed by atoms with Crippen molar-refractivity contribution in [1.29, 1.82) is 0 Å². The van der Waals surface area contributed by atoms with E-state index in [1.54, 1.807) is 20.3 Å². The number of unbranched alkanes of at least 4 members (excludes halogenated alkanes) is 3. The maximum Gasteiger partial charge on any atom is 0.303 e. The number of Topliss-reactive ketones (excluding diaryl/α,β-unsaturated/α-hetero) is 1. The number of aliphatic hydroxyl groups is 1. The Hall–Kier alpha value is -2.78. The molecule has 1 aliphatic heterocycles. The van der Waals surface area contributed by atoms with Crippen LogP contribution >= 0.6 is 0 Å². The molecule has 3 atom stereocenters. The number of rotatable bonds is 17. The number of carbonyl (C=O) groups is 2. The van der Waals surface area contributed by atoms with Gasteiger partial charge in [-0.2, -0.15) is 0 Å². The lowest BCUT2D eigenvalue weighted by Gasteiger charge is -2.16. The largest absolute Gasteiger partial charge is 0.492 e. The lowest BCUT2D eigenvalue weighted by atomic mass is 9.89. The van der Waals surface area contributed by atoms with Crippen molar-refractivity contribution in [2.75, 3.05) is 34.2 Å². The zero-order valence-electron chi connectivity index (χ0n) is 21.9. The van der Waals surface area contributed by atoms with Crippen LogP contribution in [0.15, 0.2) is 18.2 Å². The van der Waals surface area contributed by atoms with Gasteiger partial charge < -0.3 is 33.9 Å². The van der Waals surface area contributed by atoms with Crippen LogP contribution in [0.1, 0.15) is 63.4 Å². The van der Waals surface area contributed by atoms with Crippen LogP contribution in [0, 0.1) is 11.8 Å². The van der Waals surface area contributed by atoms with E-state index in [4.69, 9.17) is 28.8 Å². The van der Waals surface area contributed by atoms with Crippen LogP contribution in [-0.4, -0.2) is 62.3 Å². The molecular weight excluding hydrogens is 480 g/mol. The molecule has 2 aliphatic rings. The minimum absolute atomic E-state index is 0.00230. The van der Waals surface area contributed by atoms with Crippen LogP contribution in [0.25, 0.3) is 0 Å². The fourth-order valence-corrected chi connectivity index (χ4v) is 5.07. The first-order chi connectivity index (χ1) is 17.9. The smallest absolute Gasteiger partial charge is 0.303 e. The molecule has 0 amide bonds. The Morgan fingerprint density at radius 1 is 1.14 bits per heavy atom. The monoisotopic (exact) mass is 520 g/mol. The fraction of sp³-hybridized carbons (Fsp3) is 0.643. The van der Waals surface area contributed by atoms with Gasteiger partial charge in [-0.3, -0.25) is 9.59 Å². The zero-order valence-corrected chi connectivity index (χ0v) is 21.9. The molecule has 0 aromatic heterocycles. The number of benzene rings is 1. The van der Waals surface area contributed by atoms with Crippen LogP contribution < -0.4 is 18.9 Å². The minimum atomic E-state index is -0.760. The molecule has 3 rings (SSSR count). The Morgan fingerprint density at radius 3 is 2.68 bits per heavy atom.